The van der Waals surface area contributed by atoms with Gasteiger partial charge in [-0.1, -0.05) is 18.2 Å². The minimum absolute atomic E-state index is 0.258. The third kappa shape index (κ3) is 3.10. The predicted molar refractivity (Wildman–Crippen MR) is 89.9 cm³/mol. The second kappa shape index (κ2) is 7.02. The summed E-state index contributed by atoms with van der Waals surface area (Å²) < 4.78 is 35.2. The zero-order valence-electron chi connectivity index (χ0n) is 13.8. The number of hydrogen-bond donors (Lipinski definition) is 1. The van der Waals surface area contributed by atoms with Crippen molar-refractivity contribution in [2.45, 2.75) is 17.5 Å². The molecule has 1 N–H and O–H groups in total. The molecule has 7 nitrogen and oxygen atoms in total. The summed E-state index contributed by atoms with van der Waals surface area (Å²) in [5.74, 6) is 0.731. The van der Waals surface area contributed by atoms with E-state index in [2.05, 4.69) is 10.3 Å². The maximum atomic E-state index is 13.3. The van der Waals surface area contributed by atoms with Crippen LogP contribution in [0.5, 0.6) is 0 Å². The van der Waals surface area contributed by atoms with E-state index >= 15 is 0 Å². The van der Waals surface area contributed by atoms with Crippen LogP contribution in [0.2, 0.25) is 0 Å². The van der Waals surface area contributed by atoms with E-state index in [1.54, 1.807) is 35.8 Å². The molecule has 3 rings (SSSR count). The van der Waals surface area contributed by atoms with Crippen LogP contribution in [0.1, 0.15) is 17.4 Å². The summed E-state index contributed by atoms with van der Waals surface area (Å²) in [5.41, 5.74) is 0.664. The fraction of sp³-hybridized carbons (Fsp3) is 0.438. The van der Waals surface area contributed by atoms with E-state index in [-0.39, 0.29) is 12.6 Å². The molecular weight excluding hydrogens is 328 g/mol. The number of aryl methyl sites for hydroxylation is 1. The Morgan fingerprint density at radius 3 is 2.88 bits per heavy atom. The lowest BCUT2D eigenvalue weighted by Crippen LogP contribution is -2.49. The second-order valence-corrected chi connectivity index (χ2v) is 7.63. The second-order valence-electron chi connectivity index (χ2n) is 5.77. The van der Waals surface area contributed by atoms with Crippen molar-refractivity contribution in [1.82, 2.24) is 19.2 Å². The molecule has 0 saturated carbocycles. The fourth-order valence-corrected chi connectivity index (χ4v) is 4.85. The van der Waals surface area contributed by atoms with Gasteiger partial charge in [-0.25, -0.2) is 13.4 Å². The van der Waals surface area contributed by atoms with Crippen LogP contribution in [0, 0.1) is 0 Å². The Bertz CT molecular complexity index is 803. The van der Waals surface area contributed by atoms with E-state index in [0.29, 0.717) is 30.1 Å². The predicted octanol–water partition coefficient (Wildman–Crippen LogP) is 0.902. The first-order chi connectivity index (χ1) is 11.6. The smallest absolute Gasteiger partial charge is 0.244 e. The van der Waals surface area contributed by atoms with Gasteiger partial charge >= 0.3 is 0 Å². The third-order valence-electron chi connectivity index (χ3n) is 4.21. The molecule has 1 aromatic heterocycles. The van der Waals surface area contributed by atoms with Crippen LogP contribution in [0.3, 0.4) is 0 Å². The zero-order valence-corrected chi connectivity index (χ0v) is 14.7. The van der Waals surface area contributed by atoms with Gasteiger partial charge in [0.05, 0.1) is 17.5 Å². The largest absolute Gasteiger partial charge is 0.380 e. The van der Waals surface area contributed by atoms with Gasteiger partial charge in [0.1, 0.15) is 5.82 Å². The maximum Gasteiger partial charge on any atom is 0.244 e. The Hall–Kier alpha value is -1.74. The van der Waals surface area contributed by atoms with Crippen molar-refractivity contribution >= 4 is 10.0 Å². The van der Waals surface area contributed by atoms with Crippen molar-refractivity contribution in [2.75, 3.05) is 26.7 Å². The number of ether oxygens (including phenoxy) is 1. The number of benzene rings is 1. The van der Waals surface area contributed by atoms with Crippen molar-refractivity contribution in [3.63, 3.8) is 0 Å². The molecule has 130 valence electrons. The van der Waals surface area contributed by atoms with Gasteiger partial charge in [-0.2, -0.15) is 4.31 Å². The lowest BCUT2D eigenvalue weighted by molar-refractivity contribution is 0.182. The number of methoxy groups -OCH3 is 1. The van der Waals surface area contributed by atoms with Gasteiger partial charge in [0.25, 0.3) is 0 Å². The standard InChI is InChI=1S/C16H22N4O3S/c1-19-9-8-18-16(19)14-11-17-7-10-20(14)24(21,22)15-6-4-3-5-13(15)12-23-2/h3-6,8-9,14,17H,7,10-12H2,1-2H3. The van der Waals surface area contributed by atoms with Crippen LogP contribution in [-0.4, -0.2) is 49.0 Å². The van der Waals surface area contributed by atoms with E-state index in [9.17, 15) is 8.42 Å². The van der Waals surface area contributed by atoms with Crippen molar-refractivity contribution in [3.05, 3.63) is 48.0 Å². The van der Waals surface area contributed by atoms with E-state index in [0.717, 1.165) is 5.82 Å². The maximum absolute atomic E-state index is 13.3. The SMILES string of the molecule is COCc1ccccc1S(=O)(=O)N1CCNCC1c1nccn1C. The van der Waals surface area contributed by atoms with E-state index in [4.69, 9.17) is 4.74 Å². The molecule has 1 aliphatic rings. The molecule has 2 aromatic rings. The quantitative estimate of drug-likeness (QED) is 0.867. The molecule has 1 fully saturated rings. The Labute approximate surface area is 142 Å². The van der Waals surface area contributed by atoms with Gasteiger partial charge in [0.15, 0.2) is 0 Å². The summed E-state index contributed by atoms with van der Waals surface area (Å²) in [7, 11) is -0.211. The van der Waals surface area contributed by atoms with Gasteiger partial charge in [0.2, 0.25) is 10.0 Å². The van der Waals surface area contributed by atoms with Crippen LogP contribution in [0.25, 0.3) is 0 Å². The highest BCUT2D eigenvalue weighted by Gasteiger charge is 2.37. The first-order valence-electron chi connectivity index (χ1n) is 7.82. The Balaban J connectivity index is 2.03. The average molecular weight is 350 g/mol. The molecular formula is C16H22N4O3S. The van der Waals surface area contributed by atoms with Gasteiger partial charge in [-0.3, -0.25) is 0 Å². The molecule has 0 radical (unpaired) electrons. The molecule has 0 aliphatic carbocycles. The number of imidazole rings is 1. The third-order valence-corrected chi connectivity index (χ3v) is 6.22. The summed E-state index contributed by atoms with van der Waals surface area (Å²) in [6.45, 7) is 1.82. The molecule has 1 aliphatic heterocycles. The summed E-state index contributed by atoms with van der Waals surface area (Å²) in [5, 5.41) is 3.26. The molecule has 0 spiro atoms. The fourth-order valence-electron chi connectivity index (χ4n) is 3.05. The first kappa shape index (κ1) is 17.1. The highest BCUT2D eigenvalue weighted by Crippen LogP contribution is 2.29. The van der Waals surface area contributed by atoms with Crippen molar-refractivity contribution < 1.29 is 13.2 Å². The number of nitrogens with zero attached hydrogens (tertiary/aromatic N) is 3. The number of sulfonamides is 1. The number of hydrogen-bond acceptors (Lipinski definition) is 5. The molecule has 0 amide bonds. The zero-order chi connectivity index (χ0) is 17.2. The van der Waals surface area contributed by atoms with Crippen molar-refractivity contribution in [3.8, 4) is 0 Å². The lowest BCUT2D eigenvalue weighted by Gasteiger charge is -2.35. The van der Waals surface area contributed by atoms with Gasteiger partial charge in [0, 0.05) is 46.2 Å². The van der Waals surface area contributed by atoms with Crippen molar-refractivity contribution in [2.24, 2.45) is 7.05 Å². The summed E-state index contributed by atoms with van der Waals surface area (Å²) in [4.78, 5) is 4.65. The highest BCUT2D eigenvalue weighted by molar-refractivity contribution is 7.89. The Kier molecular flexibility index (Phi) is 5.00. The normalized spacial score (nSPS) is 19.5. The van der Waals surface area contributed by atoms with Crippen molar-refractivity contribution in [1.29, 1.82) is 0 Å². The van der Waals surface area contributed by atoms with E-state index in [1.165, 1.54) is 0 Å². The minimum Gasteiger partial charge on any atom is -0.380 e. The molecule has 1 aromatic carbocycles. The molecule has 1 atom stereocenters. The van der Waals surface area contributed by atoms with Gasteiger partial charge in [-0.15, -0.1) is 0 Å². The number of aromatic nitrogens is 2. The molecule has 0 bridgehead atoms. The van der Waals surface area contributed by atoms with Crippen LogP contribution < -0.4 is 5.32 Å². The monoisotopic (exact) mass is 350 g/mol. The Morgan fingerprint density at radius 2 is 2.17 bits per heavy atom. The Morgan fingerprint density at radius 1 is 1.38 bits per heavy atom. The number of nitrogens with one attached hydrogen (secondary N) is 1. The molecule has 2 heterocycles. The summed E-state index contributed by atoms with van der Waals surface area (Å²) in [6, 6.07) is 6.65. The topological polar surface area (TPSA) is 76.5 Å². The number of piperazine rings is 1. The first-order valence-corrected chi connectivity index (χ1v) is 9.26. The average Bonchev–Trinajstić information content (AvgIpc) is 3.01. The lowest BCUT2D eigenvalue weighted by atomic mass is 10.2. The summed E-state index contributed by atoms with van der Waals surface area (Å²) >= 11 is 0. The van der Waals surface area contributed by atoms with E-state index in [1.807, 2.05) is 23.9 Å². The van der Waals surface area contributed by atoms with Crippen LogP contribution in [0.4, 0.5) is 0 Å². The minimum atomic E-state index is -3.65. The molecule has 8 heteroatoms. The molecule has 1 saturated heterocycles. The van der Waals surface area contributed by atoms with Crippen LogP contribution >= 0.6 is 0 Å². The van der Waals surface area contributed by atoms with Crippen LogP contribution in [0.15, 0.2) is 41.6 Å². The van der Waals surface area contributed by atoms with E-state index < -0.39 is 10.0 Å². The van der Waals surface area contributed by atoms with Crippen LogP contribution in [-0.2, 0) is 28.4 Å². The molecule has 24 heavy (non-hydrogen) atoms. The van der Waals surface area contributed by atoms with Gasteiger partial charge in [-0.05, 0) is 11.6 Å². The highest BCUT2D eigenvalue weighted by atomic mass is 32.2. The number of rotatable bonds is 5. The molecule has 1 unspecified atom stereocenters. The summed E-state index contributed by atoms with van der Waals surface area (Å²) in [6.07, 6.45) is 3.52. The van der Waals surface area contributed by atoms with Gasteiger partial charge < -0.3 is 14.6 Å².